The Bertz CT molecular complexity index is 1570. The number of hydrogen-bond acceptors (Lipinski definition) is 6. The van der Waals surface area contributed by atoms with Crippen LogP contribution in [0.5, 0.6) is 0 Å². The number of rotatable bonds is 17. The molecule has 5 amide bonds. The smallest absolute Gasteiger partial charge is 0.290 e. The fraction of sp³-hybridized carbons (Fsp3) is 0.389. The normalized spacial score (nSPS) is 13.6. The van der Waals surface area contributed by atoms with Gasteiger partial charge < -0.3 is 27.0 Å². The zero-order chi connectivity index (χ0) is 34.5. The first-order chi connectivity index (χ1) is 22.4. The van der Waals surface area contributed by atoms with Crippen molar-refractivity contribution in [3.8, 4) is 0 Å². The number of nitrogens with one attached hydrogen (secondary N) is 4. The van der Waals surface area contributed by atoms with E-state index in [-0.39, 0.29) is 24.7 Å². The van der Waals surface area contributed by atoms with E-state index >= 15 is 0 Å². The van der Waals surface area contributed by atoms with Crippen molar-refractivity contribution in [1.29, 1.82) is 0 Å². The van der Waals surface area contributed by atoms with Gasteiger partial charge in [-0.1, -0.05) is 107 Å². The van der Waals surface area contributed by atoms with E-state index in [4.69, 9.17) is 5.73 Å². The molecule has 0 fully saturated rings. The van der Waals surface area contributed by atoms with Crippen molar-refractivity contribution < 1.29 is 28.8 Å². The summed E-state index contributed by atoms with van der Waals surface area (Å²) >= 11 is 0. The van der Waals surface area contributed by atoms with Gasteiger partial charge >= 0.3 is 0 Å². The predicted octanol–water partition coefficient (Wildman–Crippen LogP) is 2.34. The van der Waals surface area contributed by atoms with Gasteiger partial charge in [-0.05, 0) is 40.2 Å². The summed E-state index contributed by atoms with van der Waals surface area (Å²) in [6, 6.07) is 19.3. The van der Waals surface area contributed by atoms with Gasteiger partial charge in [0.15, 0.2) is 0 Å². The molecular formula is C36H45N5O6. The van der Waals surface area contributed by atoms with Gasteiger partial charge in [0.2, 0.25) is 29.4 Å². The highest BCUT2D eigenvalue weighted by Crippen LogP contribution is 2.17. The molecule has 47 heavy (non-hydrogen) atoms. The number of nitrogens with two attached hydrogens (primary N) is 1. The van der Waals surface area contributed by atoms with Crippen LogP contribution in [0.4, 0.5) is 0 Å². The van der Waals surface area contributed by atoms with Gasteiger partial charge in [0.25, 0.3) is 5.91 Å². The third kappa shape index (κ3) is 11.4. The summed E-state index contributed by atoms with van der Waals surface area (Å²) in [5, 5.41) is 12.3. The standard InChI is InChI=1S/C36H45N5O6/c1-5-23(4)32(41-35(46)29(17-22(2)3)40-30(42)20-24-11-7-6-8-12-24)33(44)36(47)38-21-31(43)39-28(34(37)45)19-25-15-16-26-13-9-10-14-27(26)18-25/h6-16,18,22-23,28-29,32H,5,17,19-21H2,1-4H3,(H2,37,45)(H,38,47)(H,39,43)(H,40,42)(H,41,46). The first-order valence-corrected chi connectivity index (χ1v) is 15.9. The molecule has 11 nitrogen and oxygen atoms in total. The lowest BCUT2D eigenvalue weighted by molar-refractivity contribution is -0.142. The minimum Gasteiger partial charge on any atom is -0.368 e. The fourth-order valence-corrected chi connectivity index (χ4v) is 5.14. The minimum absolute atomic E-state index is 0.0489. The van der Waals surface area contributed by atoms with Crippen LogP contribution in [-0.4, -0.2) is 60.0 Å². The van der Waals surface area contributed by atoms with Crippen molar-refractivity contribution in [3.63, 3.8) is 0 Å². The number of benzene rings is 3. The molecule has 250 valence electrons. The average Bonchev–Trinajstić information content (AvgIpc) is 3.04. The molecule has 0 aliphatic heterocycles. The molecule has 0 bridgehead atoms. The van der Waals surface area contributed by atoms with E-state index in [0.717, 1.165) is 21.9 Å². The molecule has 0 spiro atoms. The number of carbonyl (C=O) groups is 6. The van der Waals surface area contributed by atoms with Crippen LogP contribution in [0.25, 0.3) is 10.8 Å². The first kappa shape index (κ1) is 36.4. The number of primary amides is 1. The molecule has 0 saturated carbocycles. The number of ketones is 1. The van der Waals surface area contributed by atoms with Crippen molar-refractivity contribution >= 4 is 46.1 Å². The molecule has 4 unspecified atom stereocenters. The van der Waals surface area contributed by atoms with E-state index in [9.17, 15) is 28.8 Å². The van der Waals surface area contributed by atoms with Gasteiger partial charge in [-0.25, -0.2) is 0 Å². The Morgan fingerprint density at radius 1 is 0.723 bits per heavy atom. The van der Waals surface area contributed by atoms with Gasteiger partial charge in [0.1, 0.15) is 12.1 Å². The van der Waals surface area contributed by atoms with Crippen molar-refractivity contribution in [2.45, 2.75) is 71.5 Å². The van der Waals surface area contributed by atoms with E-state index in [2.05, 4.69) is 21.3 Å². The molecule has 0 aromatic heterocycles. The Morgan fingerprint density at radius 3 is 2.00 bits per heavy atom. The van der Waals surface area contributed by atoms with Crippen molar-refractivity contribution in [1.82, 2.24) is 21.3 Å². The predicted molar refractivity (Wildman–Crippen MR) is 180 cm³/mol. The maximum atomic E-state index is 13.4. The summed E-state index contributed by atoms with van der Waals surface area (Å²) in [5.74, 6) is -4.76. The van der Waals surface area contributed by atoms with E-state index in [1.165, 1.54) is 0 Å². The van der Waals surface area contributed by atoms with E-state index in [1.54, 1.807) is 6.92 Å². The van der Waals surface area contributed by atoms with Crippen LogP contribution in [-0.2, 0) is 41.6 Å². The monoisotopic (exact) mass is 643 g/mol. The first-order valence-electron chi connectivity index (χ1n) is 15.9. The average molecular weight is 644 g/mol. The second-order valence-corrected chi connectivity index (χ2v) is 12.2. The Morgan fingerprint density at radius 2 is 1.36 bits per heavy atom. The molecule has 4 atom stereocenters. The highest BCUT2D eigenvalue weighted by molar-refractivity contribution is 6.38. The van der Waals surface area contributed by atoms with Crippen molar-refractivity contribution in [2.24, 2.45) is 17.6 Å². The summed E-state index contributed by atoms with van der Waals surface area (Å²) in [5.41, 5.74) is 7.12. The number of fused-ring (bicyclic) bond motifs is 1. The van der Waals surface area contributed by atoms with Gasteiger partial charge in [-0.2, -0.15) is 0 Å². The summed E-state index contributed by atoms with van der Waals surface area (Å²) in [7, 11) is 0. The van der Waals surface area contributed by atoms with Gasteiger partial charge in [0, 0.05) is 6.42 Å². The zero-order valence-electron chi connectivity index (χ0n) is 27.4. The Kier molecular flexibility index (Phi) is 13.6. The quantitative estimate of drug-likeness (QED) is 0.141. The van der Waals surface area contributed by atoms with E-state index in [1.807, 2.05) is 93.6 Å². The number of Topliss-reactive ketones (excluding diaryl/α,β-unsaturated/α-hetero) is 1. The highest BCUT2D eigenvalue weighted by atomic mass is 16.2. The van der Waals surface area contributed by atoms with Gasteiger partial charge in [0.05, 0.1) is 19.0 Å². The second-order valence-electron chi connectivity index (χ2n) is 12.2. The Labute approximate surface area is 275 Å². The van der Waals surface area contributed by atoms with E-state index in [0.29, 0.717) is 12.8 Å². The lowest BCUT2D eigenvalue weighted by atomic mass is 9.93. The van der Waals surface area contributed by atoms with Crippen LogP contribution < -0.4 is 27.0 Å². The van der Waals surface area contributed by atoms with Crippen LogP contribution in [0.15, 0.2) is 72.8 Å². The molecular weight excluding hydrogens is 598 g/mol. The van der Waals surface area contributed by atoms with Crippen LogP contribution >= 0.6 is 0 Å². The summed E-state index contributed by atoms with van der Waals surface area (Å²) in [4.78, 5) is 77.1. The second kappa shape index (κ2) is 17.6. The topological polar surface area (TPSA) is 177 Å². The third-order valence-corrected chi connectivity index (χ3v) is 7.93. The maximum absolute atomic E-state index is 13.4. The Hall–Kier alpha value is -5.06. The Balaban J connectivity index is 1.60. The molecule has 0 aliphatic carbocycles. The van der Waals surface area contributed by atoms with Crippen molar-refractivity contribution in [3.05, 3.63) is 83.9 Å². The lowest BCUT2D eigenvalue weighted by Crippen LogP contribution is -2.57. The molecule has 3 aromatic carbocycles. The molecule has 3 rings (SSSR count). The zero-order valence-corrected chi connectivity index (χ0v) is 27.4. The van der Waals surface area contributed by atoms with Crippen LogP contribution in [0.2, 0.25) is 0 Å². The highest BCUT2D eigenvalue weighted by Gasteiger charge is 2.33. The number of amides is 5. The van der Waals surface area contributed by atoms with Crippen molar-refractivity contribution in [2.75, 3.05) is 6.54 Å². The summed E-state index contributed by atoms with van der Waals surface area (Å²) in [6.07, 6.45) is 1.01. The molecule has 0 radical (unpaired) electrons. The van der Waals surface area contributed by atoms with Gasteiger partial charge in [-0.3, -0.25) is 28.8 Å². The number of carbonyl (C=O) groups excluding carboxylic acids is 6. The molecule has 0 heterocycles. The maximum Gasteiger partial charge on any atom is 0.290 e. The minimum atomic E-state index is -1.19. The molecule has 6 N–H and O–H groups in total. The summed E-state index contributed by atoms with van der Waals surface area (Å²) < 4.78 is 0. The van der Waals surface area contributed by atoms with Crippen LogP contribution in [0, 0.1) is 11.8 Å². The summed E-state index contributed by atoms with van der Waals surface area (Å²) in [6.45, 7) is 6.76. The third-order valence-electron chi connectivity index (χ3n) is 7.93. The lowest BCUT2D eigenvalue weighted by Gasteiger charge is -2.26. The van der Waals surface area contributed by atoms with Gasteiger partial charge in [-0.15, -0.1) is 0 Å². The SMILES string of the molecule is CCC(C)C(NC(=O)C(CC(C)C)NC(=O)Cc1ccccc1)C(=O)C(=O)NCC(=O)NC(Cc1ccc2ccccc2c1)C(N)=O. The molecule has 0 aliphatic rings. The number of hydrogen-bond donors (Lipinski definition) is 5. The molecule has 11 heteroatoms. The fourth-order valence-electron chi connectivity index (χ4n) is 5.14. The van der Waals surface area contributed by atoms with E-state index < -0.39 is 60.0 Å². The van der Waals surface area contributed by atoms with Crippen LogP contribution in [0.3, 0.4) is 0 Å². The molecule has 3 aromatic rings. The largest absolute Gasteiger partial charge is 0.368 e. The van der Waals surface area contributed by atoms with Crippen LogP contribution in [0.1, 0.15) is 51.7 Å². The molecule has 0 saturated heterocycles.